The first-order valence-corrected chi connectivity index (χ1v) is 19.6. The van der Waals surface area contributed by atoms with Crippen molar-refractivity contribution in [2.24, 2.45) is 11.8 Å². The summed E-state index contributed by atoms with van der Waals surface area (Å²) >= 11 is 0. The fourth-order valence-electron chi connectivity index (χ4n) is 6.71. The highest BCUT2D eigenvalue weighted by atomic mass is 32.2. The summed E-state index contributed by atoms with van der Waals surface area (Å²) in [6.45, 7) is 10.5. The smallest absolute Gasteiger partial charge is 0.408 e. The Morgan fingerprint density at radius 1 is 1.06 bits per heavy atom. The molecule has 1 aromatic heterocycles. The topological polar surface area (TPSA) is 182 Å². The van der Waals surface area contributed by atoms with Gasteiger partial charge in [0, 0.05) is 29.5 Å². The molecule has 2 fully saturated rings. The van der Waals surface area contributed by atoms with Crippen molar-refractivity contribution in [3.05, 3.63) is 54.6 Å². The van der Waals surface area contributed by atoms with Gasteiger partial charge in [0.1, 0.15) is 40.8 Å². The highest BCUT2D eigenvalue weighted by molar-refractivity contribution is 7.89. The van der Waals surface area contributed by atoms with Gasteiger partial charge in [0.2, 0.25) is 21.8 Å². The number of aromatic nitrogens is 1. The van der Waals surface area contributed by atoms with Crippen LogP contribution in [0, 0.1) is 11.8 Å². The van der Waals surface area contributed by atoms with Crippen molar-refractivity contribution in [2.45, 2.75) is 90.1 Å². The van der Waals surface area contributed by atoms with Gasteiger partial charge in [0.05, 0.1) is 31.1 Å². The molecular weight excluding hydrogens is 703 g/mol. The summed E-state index contributed by atoms with van der Waals surface area (Å²) in [7, 11) is -2.35. The Morgan fingerprint density at radius 3 is 2.34 bits per heavy atom. The number of methoxy groups -OCH3 is 1. The van der Waals surface area contributed by atoms with Crippen molar-refractivity contribution in [2.75, 3.05) is 19.9 Å². The maximum atomic E-state index is 14.4. The first kappa shape index (κ1) is 39.3. The van der Waals surface area contributed by atoms with E-state index < -0.39 is 69.1 Å². The van der Waals surface area contributed by atoms with E-state index in [0.29, 0.717) is 34.5 Å². The van der Waals surface area contributed by atoms with Gasteiger partial charge in [-0.2, -0.15) is 0 Å². The normalized spacial score (nSPS) is 21.8. The van der Waals surface area contributed by atoms with Gasteiger partial charge in [-0.25, -0.2) is 18.2 Å². The number of nitrogens with one attached hydrogen (secondary N) is 3. The molecule has 286 valence electrons. The number of sulfonamides is 1. The number of alkyl carbamates (subject to hydrolysis) is 1. The maximum Gasteiger partial charge on any atom is 0.408 e. The Labute approximate surface area is 310 Å². The molecule has 53 heavy (non-hydrogen) atoms. The van der Waals surface area contributed by atoms with E-state index in [1.807, 2.05) is 54.1 Å². The van der Waals surface area contributed by atoms with Crippen molar-refractivity contribution in [3.63, 3.8) is 0 Å². The zero-order chi connectivity index (χ0) is 38.9. The Balaban J connectivity index is 1.50. The number of ether oxygens (including phenoxy) is 3. The Hall–Kier alpha value is -4.92. The molecule has 3 aromatic rings. The van der Waals surface area contributed by atoms with Crippen LogP contribution in [0.1, 0.15) is 60.8 Å². The van der Waals surface area contributed by atoms with Crippen LogP contribution in [0.15, 0.2) is 54.6 Å². The summed E-state index contributed by atoms with van der Waals surface area (Å²) in [5, 5.41) is 6.18. The lowest BCUT2D eigenvalue weighted by Gasteiger charge is -2.31. The summed E-state index contributed by atoms with van der Waals surface area (Å²) < 4.78 is 43.5. The lowest BCUT2D eigenvalue weighted by molar-refractivity contribution is -0.142. The molecule has 2 heterocycles. The zero-order valence-corrected chi connectivity index (χ0v) is 32.2. The van der Waals surface area contributed by atoms with Crippen LogP contribution in [0.5, 0.6) is 11.5 Å². The molecule has 2 aromatic carbocycles. The molecule has 1 aliphatic carbocycles. The van der Waals surface area contributed by atoms with E-state index in [0.717, 1.165) is 11.8 Å². The van der Waals surface area contributed by atoms with E-state index in [2.05, 4.69) is 10.6 Å². The first-order chi connectivity index (χ1) is 24.8. The van der Waals surface area contributed by atoms with E-state index in [1.54, 1.807) is 53.9 Å². The van der Waals surface area contributed by atoms with Crippen LogP contribution in [-0.2, 0) is 29.1 Å². The summed E-state index contributed by atoms with van der Waals surface area (Å²) in [4.78, 5) is 61.0. The summed E-state index contributed by atoms with van der Waals surface area (Å²) in [6.07, 6.45) is 0.160. The lowest BCUT2D eigenvalue weighted by Crippen LogP contribution is -2.59. The van der Waals surface area contributed by atoms with Crippen molar-refractivity contribution in [1.82, 2.24) is 25.2 Å². The molecule has 15 heteroatoms. The fraction of sp³-hybridized carbons (Fsp3) is 0.500. The molecule has 0 radical (unpaired) electrons. The van der Waals surface area contributed by atoms with Gasteiger partial charge in [-0.1, -0.05) is 57.5 Å². The Kier molecular flexibility index (Phi) is 11.3. The third kappa shape index (κ3) is 9.18. The van der Waals surface area contributed by atoms with Crippen molar-refractivity contribution < 1.29 is 41.8 Å². The molecule has 0 bridgehead atoms. The second-order valence-corrected chi connectivity index (χ2v) is 16.8. The molecule has 1 saturated heterocycles. The molecule has 5 rings (SSSR count). The minimum atomic E-state index is -3.91. The maximum absolute atomic E-state index is 14.4. The fourth-order valence-corrected chi connectivity index (χ4v) is 7.23. The Morgan fingerprint density at radius 2 is 1.75 bits per heavy atom. The predicted molar refractivity (Wildman–Crippen MR) is 199 cm³/mol. The average Bonchev–Trinajstić information content (AvgIpc) is 3.64. The van der Waals surface area contributed by atoms with Crippen molar-refractivity contribution in [1.29, 1.82) is 0 Å². The van der Waals surface area contributed by atoms with Crippen LogP contribution in [0.3, 0.4) is 0 Å². The number of benzene rings is 2. The molecule has 1 aliphatic heterocycles. The number of nitrogens with zero attached hydrogens (tertiary/aromatic N) is 2. The number of carbonyl (C=O) groups excluding carboxylic acids is 4. The minimum Gasteiger partial charge on any atom is -0.497 e. The standard InChI is InChI=1S/C38H49N5O9S/c1-9-24-20-38(24,35(46)42-53(8,48)49)41-33(44)30-18-26(21-43(30)34(45)32(22(2)3)40-36(47)52-37(4,5)6)51-31-19-28(23-13-11-10-12-14-23)39-29-17-25(50-7)15-16-27(29)31/h10-17,19,22,24,26,30,32H,9,18,20-21H2,1-8H3,(H,40,47)(H,41,44)(H,42,46)/t24?,26-,30+,32+,38-/m1/s1. The molecule has 0 spiro atoms. The first-order valence-electron chi connectivity index (χ1n) is 17.7. The van der Waals surface area contributed by atoms with Gasteiger partial charge in [0.15, 0.2) is 0 Å². The Bertz CT molecular complexity index is 1980. The molecule has 3 N–H and O–H groups in total. The quantitative estimate of drug-likeness (QED) is 0.243. The second-order valence-electron chi connectivity index (χ2n) is 15.1. The van der Waals surface area contributed by atoms with Gasteiger partial charge < -0.3 is 29.7 Å². The molecule has 1 unspecified atom stereocenters. The number of amides is 4. The molecule has 2 aliphatic rings. The minimum absolute atomic E-state index is 0.0312. The highest BCUT2D eigenvalue weighted by Crippen LogP contribution is 2.46. The third-order valence-corrected chi connectivity index (χ3v) is 9.98. The van der Waals surface area contributed by atoms with Crippen LogP contribution < -0.4 is 24.8 Å². The third-order valence-electron chi connectivity index (χ3n) is 9.42. The summed E-state index contributed by atoms with van der Waals surface area (Å²) in [5.41, 5.74) is -0.176. The van der Waals surface area contributed by atoms with E-state index >= 15 is 0 Å². The van der Waals surface area contributed by atoms with Crippen LogP contribution in [-0.4, -0.2) is 91.4 Å². The summed E-state index contributed by atoms with van der Waals surface area (Å²) in [5.74, 6) is -1.64. The van der Waals surface area contributed by atoms with Crippen molar-refractivity contribution in [3.8, 4) is 22.8 Å². The highest BCUT2D eigenvalue weighted by Gasteiger charge is 2.61. The molecule has 5 atom stereocenters. The number of hydrogen-bond acceptors (Lipinski definition) is 10. The lowest BCUT2D eigenvalue weighted by atomic mass is 10.0. The van der Waals surface area contributed by atoms with E-state index in [-0.39, 0.29) is 25.3 Å². The number of fused-ring (bicyclic) bond motifs is 1. The SMILES string of the molecule is CCC1C[C@]1(NC(=O)[C@@H]1C[C@@H](Oc2cc(-c3ccccc3)nc3cc(OC)ccc23)CN1C(=O)[C@@H](NC(=O)OC(C)(C)C)C(C)C)C(=O)NS(C)(=O)=O. The van der Waals surface area contributed by atoms with Gasteiger partial charge >= 0.3 is 6.09 Å². The van der Waals surface area contributed by atoms with Crippen LogP contribution >= 0.6 is 0 Å². The van der Waals surface area contributed by atoms with Gasteiger partial charge in [0.25, 0.3) is 5.91 Å². The zero-order valence-electron chi connectivity index (χ0n) is 31.4. The van der Waals surface area contributed by atoms with E-state index in [9.17, 15) is 27.6 Å². The molecule has 4 amide bonds. The van der Waals surface area contributed by atoms with Gasteiger partial charge in [-0.15, -0.1) is 0 Å². The number of pyridine rings is 1. The number of likely N-dealkylation sites (tertiary alicyclic amines) is 1. The number of carbonyl (C=O) groups is 4. The molecule has 1 saturated carbocycles. The monoisotopic (exact) mass is 751 g/mol. The summed E-state index contributed by atoms with van der Waals surface area (Å²) in [6, 6.07) is 14.6. The van der Waals surface area contributed by atoms with Crippen molar-refractivity contribution >= 4 is 44.7 Å². The van der Waals surface area contributed by atoms with Crippen LogP contribution in [0.4, 0.5) is 4.79 Å². The molecule has 14 nitrogen and oxygen atoms in total. The predicted octanol–water partition coefficient (Wildman–Crippen LogP) is 4.17. The van der Waals surface area contributed by atoms with Crippen LogP contribution in [0.25, 0.3) is 22.2 Å². The van der Waals surface area contributed by atoms with Gasteiger partial charge in [-0.05, 0) is 51.2 Å². The number of rotatable bonds is 12. The van der Waals surface area contributed by atoms with Crippen LogP contribution in [0.2, 0.25) is 0 Å². The largest absolute Gasteiger partial charge is 0.497 e. The number of hydrogen-bond donors (Lipinski definition) is 3. The van der Waals surface area contributed by atoms with E-state index in [4.69, 9.17) is 19.2 Å². The van der Waals surface area contributed by atoms with Gasteiger partial charge in [-0.3, -0.25) is 19.1 Å². The average molecular weight is 752 g/mol. The van der Waals surface area contributed by atoms with E-state index in [1.165, 1.54) is 4.90 Å². The second kappa shape index (κ2) is 15.2. The molecular formula is C38H49N5O9S.